The molecule has 2 amide bonds. The van der Waals surface area contributed by atoms with Gasteiger partial charge < -0.3 is 15.4 Å². The Bertz CT molecular complexity index is 747. The number of rotatable bonds is 6. The average Bonchev–Trinajstić information content (AvgIpc) is 3.18. The Morgan fingerprint density at radius 1 is 1.19 bits per heavy atom. The van der Waals surface area contributed by atoms with E-state index in [0.29, 0.717) is 6.54 Å². The van der Waals surface area contributed by atoms with Crippen molar-refractivity contribution in [1.82, 2.24) is 10.2 Å². The molecule has 0 unspecified atom stereocenters. The topological polar surface area (TPSA) is 53.6 Å². The van der Waals surface area contributed by atoms with E-state index in [2.05, 4.69) is 43.6 Å². The first-order chi connectivity index (χ1) is 12.7. The van der Waals surface area contributed by atoms with E-state index < -0.39 is 0 Å². The fourth-order valence-corrected chi connectivity index (χ4v) is 3.66. The highest BCUT2D eigenvalue weighted by atomic mass is 79.9. The van der Waals surface area contributed by atoms with Crippen LogP contribution in [0.1, 0.15) is 24.4 Å². The lowest BCUT2D eigenvalue weighted by atomic mass is 10.1. The second-order valence-corrected chi connectivity index (χ2v) is 7.20. The number of nitrogens with zero attached hydrogens (tertiary/aromatic N) is 1. The summed E-state index contributed by atoms with van der Waals surface area (Å²) >= 11 is 3.45. The number of para-hydroxylation sites is 1. The van der Waals surface area contributed by atoms with Gasteiger partial charge in [-0.1, -0.05) is 24.3 Å². The Hall–Kier alpha value is -2.05. The van der Waals surface area contributed by atoms with Crippen LogP contribution >= 0.6 is 15.9 Å². The van der Waals surface area contributed by atoms with Crippen molar-refractivity contribution in [3.63, 3.8) is 0 Å². The lowest BCUT2D eigenvalue weighted by Gasteiger charge is -2.28. The van der Waals surface area contributed by atoms with Crippen LogP contribution < -0.4 is 15.4 Å². The number of hydrogen-bond acceptors (Lipinski definition) is 3. The van der Waals surface area contributed by atoms with E-state index in [1.165, 1.54) is 12.8 Å². The summed E-state index contributed by atoms with van der Waals surface area (Å²) in [6.07, 6.45) is 2.40. The molecule has 0 saturated carbocycles. The number of ether oxygens (including phenoxy) is 1. The van der Waals surface area contributed by atoms with Gasteiger partial charge in [0.2, 0.25) is 0 Å². The molecule has 0 aliphatic carbocycles. The zero-order chi connectivity index (χ0) is 18.4. The third-order valence-corrected chi connectivity index (χ3v) is 5.33. The number of halogens is 1. The van der Waals surface area contributed by atoms with Crippen LogP contribution in [0, 0.1) is 0 Å². The molecule has 3 rings (SSSR count). The van der Waals surface area contributed by atoms with E-state index in [-0.39, 0.29) is 12.1 Å². The summed E-state index contributed by atoms with van der Waals surface area (Å²) in [6.45, 7) is 2.65. The van der Waals surface area contributed by atoms with Crippen molar-refractivity contribution in [3.05, 3.63) is 58.6 Å². The predicted molar refractivity (Wildman–Crippen MR) is 108 cm³/mol. The summed E-state index contributed by atoms with van der Waals surface area (Å²) in [4.78, 5) is 14.8. The first-order valence-corrected chi connectivity index (χ1v) is 9.64. The molecule has 2 aromatic carbocycles. The zero-order valence-electron chi connectivity index (χ0n) is 14.9. The first kappa shape index (κ1) is 18.7. The third-order valence-electron chi connectivity index (χ3n) is 4.64. The van der Waals surface area contributed by atoms with E-state index in [9.17, 15) is 4.79 Å². The lowest BCUT2D eigenvalue weighted by Crippen LogP contribution is -2.38. The van der Waals surface area contributed by atoms with Crippen molar-refractivity contribution >= 4 is 27.6 Å². The summed E-state index contributed by atoms with van der Waals surface area (Å²) in [6, 6.07) is 15.6. The molecule has 0 spiro atoms. The second-order valence-electron chi connectivity index (χ2n) is 6.35. The van der Waals surface area contributed by atoms with Gasteiger partial charge in [0, 0.05) is 11.0 Å². The summed E-state index contributed by atoms with van der Waals surface area (Å²) in [5.41, 5.74) is 1.91. The number of nitrogens with one attached hydrogen (secondary N) is 2. The Labute approximate surface area is 162 Å². The molecule has 0 aromatic heterocycles. The summed E-state index contributed by atoms with van der Waals surface area (Å²) in [7, 11) is 1.67. The van der Waals surface area contributed by atoms with Gasteiger partial charge in [0.05, 0.1) is 18.8 Å². The van der Waals surface area contributed by atoms with Crippen LogP contribution in [-0.4, -0.2) is 37.7 Å². The van der Waals surface area contributed by atoms with E-state index >= 15 is 0 Å². The highest BCUT2D eigenvalue weighted by Gasteiger charge is 2.24. The zero-order valence-corrected chi connectivity index (χ0v) is 16.5. The van der Waals surface area contributed by atoms with Crippen molar-refractivity contribution in [2.24, 2.45) is 0 Å². The summed E-state index contributed by atoms with van der Waals surface area (Å²) < 4.78 is 6.22. The van der Waals surface area contributed by atoms with Crippen molar-refractivity contribution in [1.29, 1.82) is 0 Å². The van der Waals surface area contributed by atoms with Crippen LogP contribution in [0.15, 0.2) is 53.0 Å². The number of methoxy groups -OCH3 is 1. The number of hydrogen-bond donors (Lipinski definition) is 2. The van der Waals surface area contributed by atoms with Gasteiger partial charge >= 0.3 is 6.03 Å². The molecular weight excluding hydrogens is 394 g/mol. The number of carbonyl (C=O) groups is 1. The number of carbonyl (C=O) groups excluding carboxylic acids is 1. The molecule has 1 atom stereocenters. The second kappa shape index (κ2) is 9.05. The molecule has 5 nitrogen and oxygen atoms in total. The number of benzene rings is 2. The Balaban J connectivity index is 1.67. The molecule has 6 heteroatoms. The van der Waals surface area contributed by atoms with Gasteiger partial charge in [-0.2, -0.15) is 0 Å². The van der Waals surface area contributed by atoms with Crippen LogP contribution in [-0.2, 0) is 0 Å². The fourth-order valence-electron chi connectivity index (χ4n) is 3.28. The maximum absolute atomic E-state index is 12.4. The van der Waals surface area contributed by atoms with E-state index in [1.807, 2.05) is 36.4 Å². The summed E-state index contributed by atoms with van der Waals surface area (Å²) in [5.74, 6) is 0.837. The Morgan fingerprint density at radius 2 is 1.96 bits per heavy atom. The lowest BCUT2D eigenvalue weighted by molar-refractivity contribution is 0.227. The smallest absolute Gasteiger partial charge is 0.319 e. The minimum Gasteiger partial charge on any atom is -0.497 e. The third kappa shape index (κ3) is 4.77. The van der Waals surface area contributed by atoms with E-state index in [0.717, 1.165) is 34.6 Å². The van der Waals surface area contributed by atoms with Crippen LogP contribution in [0.2, 0.25) is 0 Å². The maximum atomic E-state index is 12.4. The van der Waals surface area contributed by atoms with Crippen LogP contribution in [0.4, 0.5) is 10.5 Å². The Morgan fingerprint density at radius 3 is 2.69 bits per heavy atom. The molecule has 1 aliphatic rings. The quantitative estimate of drug-likeness (QED) is 0.731. The van der Waals surface area contributed by atoms with E-state index in [1.54, 1.807) is 7.11 Å². The molecule has 138 valence electrons. The minimum absolute atomic E-state index is 0.137. The molecule has 1 heterocycles. The van der Waals surface area contributed by atoms with Gasteiger partial charge in [-0.15, -0.1) is 0 Å². The molecule has 26 heavy (non-hydrogen) atoms. The van der Waals surface area contributed by atoms with Crippen molar-refractivity contribution in [2.75, 3.05) is 32.1 Å². The molecule has 1 fully saturated rings. The molecule has 0 radical (unpaired) electrons. The van der Waals surface area contributed by atoms with Crippen LogP contribution in [0.5, 0.6) is 5.75 Å². The van der Waals surface area contributed by atoms with E-state index in [4.69, 9.17) is 4.74 Å². The SMILES string of the molecule is COc1cccc([C@H](CNC(=O)Nc2ccccc2Br)N2CCCC2)c1. The number of amides is 2. The standard InChI is InChI=1S/C20H24BrN3O2/c1-26-16-8-6-7-15(13-16)19(24-11-4-5-12-24)14-22-20(25)23-18-10-3-2-9-17(18)21/h2-3,6-10,13,19H,4-5,11-12,14H2,1H3,(H2,22,23,25)/t19-/m0/s1. The minimum atomic E-state index is -0.205. The van der Waals surface area contributed by atoms with Crippen molar-refractivity contribution in [3.8, 4) is 5.75 Å². The molecule has 0 bridgehead atoms. The van der Waals surface area contributed by atoms with Gasteiger partial charge in [-0.05, 0) is 71.7 Å². The average molecular weight is 418 g/mol. The van der Waals surface area contributed by atoms with Crippen molar-refractivity contribution < 1.29 is 9.53 Å². The maximum Gasteiger partial charge on any atom is 0.319 e. The normalized spacial score (nSPS) is 15.5. The van der Waals surface area contributed by atoms with Gasteiger partial charge in [-0.3, -0.25) is 4.90 Å². The fraction of sp³-hybridized carbons (Fsp3) is 0.350. The molecule has 2 N–H and O–H groups in total. The molecular formula is C20H24BrN3O2. The van der Waals surface area contributed by atoms with Crippen LogP contribution in [0.3, 0.4) is 0 Å². The molecule has 1 aliphatic heterocycles. The highest BCUT2D eigenvalue weighted by molar-refractivity contribution is 9.10. The summed E-state index contributed by atoms with van der Waals surface area (Å²) in [5, 5.41) is 5.91. The Kier molecular flexibility index (Phi) is 6.52. The molecule has 2 aromatic rings. The largest absolute Gasteiger partial charge is 0.497 e. The first-order valence-electron chi connectivity index (χ1n) is 8.85. The van der Waals surface area contributed by atoms with Gasteiger partial charge in [-0.25, -0.2) is 4.79 Å². The number of likely N-dealkylation sites (tertiary alicyclic amines) is 1. The predicted octanol–water partition coefficient (Wildman–Crippen LogP) is 4.42. The highest BCUT2D eigenvalue weighted by Crippen LogP contribution is 2.27. The van der Waals surface area contributed by atoms with Gasteiger partial charge in [0.25, 0.3) is 0 Å². The van der Waals surface area contributed by atoms with Crippen molar-refractivity contribution in [2.45, 2.75) is 18.9 Å². The number of urea groups is 1. The number of anilines is 1. The van der Waals surface area contributed by atoms with Gasteiger partial charge in [0.15, 0.2) is 0 Å². The monoisotopic (exact) mass is 417 g/mol. The van der Waals surface area contributed by atoms with Gasteiger partial charge in [0.1, 0.15) is 5.75 Å². The molecule has 1 saturated heterocycles. The van der Waals surface area contributed by atoms with Crippen LogP contribution in [0.25, 0.3) is 0 Å².